The predicted octanol–water partition coefficient (Wildman–Crippen LogP) is 1.84. The molecular formula is C15H19NO3. The largest absolute Gasteiger partial charge is 0.480 e. The molecule has 2 N–H and O–H groups in total. The van der Waals surface area contributed by atoms with Crippen molar-refractivity contribution >= 4 is 11.9 Å². The summed E-state index contributed by atoms with van der Waals surface area (Å²) in [6.45, 7) is 1.49. The molecule has 19 heavy (non-hydrogen) atoms. The summed E-state index contributed by atoms with van der Waals surface area (Å²) < 4.78 is 0. The Bertz CT molecular complexity index is 458. The molecule has 0 radical (unpaired) electrons. The smallest absolute Gasteiger partial charge is 0.325 e. The number of amides is 1. The van der Waals surface area contributed by atoms with Crippen LogP contribution in [0.15, 0.2) is 30.3 Å². The summed E-state index contributed by atoms with van der Waals surface area (Å²) in [5.41, 5.74) is 1.23. The van der Waals surface area contributed by atoms with Gasteiger partial charge in [0.25, 0.3) is 0 Å². The van der Waals surface area contributed by atoms with Crippen LogP contribution in [0.25, 0.3) is 0 Å². The number of carboxylic acid groups (broad SMARTS) is 1. The summed E-state index contributed by atoms with van der Waals surface area (Å²) in [4.78, 5) is 22.7. The Morgan fingerprint density at radius 3 is 2.53 bits per heavy atom. The maximum Gasteiger partial charge on any atom is 0.325 e. The SMILES string of the molecule is C[C@H](NC(=O)[C@@H]1CC[C@@H]1Cc1ccccc1)C(=O)O. The number of hydrogen-bond donors (Lipinski definition) is 2. The van der Waals surface area contributed by atoms with Crippen LogP contribution < -0.4 is 5.32 Å². The molecule has 4 heteroatoms. The summed E-state index contributed by atoms with van der Waals surface area (Å²) in [6.07, 6.45) is 2.78. The van der Waals surface area contributed by atoms with Crippen molar-refractivity contribution in [3.05, 3.63) is 35.9 Å². The highest BCUT2D eigenvalue weighted by atomic mass is 16.4. The van der Waals surface area contributed by atoms with Crippen LogP contribution >= 0.6 is 0 Å². The lowest BCUT2D eigenvalue weighted by Gasteiger charge is -2.36. The van der Waals surface area contributed by atoms with Gasteiger partial charge in [0.05, 0.1) is 0 Å². The van der Waals surface area contributed by atoms with Gasteiger partial charge in [0.1, 0.15) is 6.04 Å². The molecule has 0 spiro atoms. The highest BCUT2D eigenvalue weighted by Crippen LogP contribution is 2.37. The second-order valence-corrected chi connectivity index (χ2v) is 5.20. The second kappa shape index (κ2) is 5.87. The number of hydrogen-bond acceptors (Lipinski definition) is 2. The Morgan fingerprint density at radius 2 is 2.00 bits per heavy atom. The fourth-order valence-corrected chi connectivity index (χ4v) is 2.46. The van der Waals surface area contributed by atoms with Crippen molar-refractivity contribution in [3.63, 3.8) is 0 Å². The molecule has 0 aromatic heterocycles. The zero-order valence-electron chi connectivity index (χ0n) is 11.0. The van der Waals surface area contributed by atoms with Gasteiger partial charge in [0.15, 0.2) is 0 Å². The standard InChI is InChI=1S/C15H19NO3/c1-10(15(18)19)16-14(17)13-8-7-12(13)9-11-5-3-2-4-6-11/h2-6,10,12-13H,7-9H2,1H3,(H,16,17)(H,18,19)/t10-,12+,13+/m0/s1. The summed E-state index contributed by atoms with van der Waals surface area (Å²) in [6, 6.07) is 9.28. The minimum absolute atomic E-state index is 0.0398. The van der Waals surface area contributed by atoms with Crippen molar-refractivity contribution < 1.29 is 14.7 Å². The van der Waals surface area contributed by atoms with Gasteiger partial charge in [-0.25, -0.2) is 0 Å². The first-order valence-corrected chi connectivity index (χ1v) is 6.65. The van der Waals surface area contributed by atoms with Crippen molar-refractivity contribution in [2.75, 3.05) is 0 Å². The van der Waals surface area contributed by atoms with Gasteiger partial charge in [-0.05, 0) is 37.7 Å². The molecule has 0 unspecified atom stereocenters. The van der Waals surface area contributed by atoms with Gasteiger partial charge in [-0.2, -0.15) is 0 Å². The molecule has 1 aliphatic rings. The van der Waals surface area contributed by atoms with Crippen LogP contribution in [0.5, 0.6) is 0 Å². The molecule has 3 atom stereocenters. The maximum atomic E-state index is 12.0. The summed E-state index contributed by atoms with van der Waals surface area (Å²) >= 11 is 0. The van der Waals surface area contributed by atoms with Crippen LogP contribution in [-0.4, -0.2) is 23.0 Å². The zero-order valence-corrected chi connectivity index (χ0v) is 11.0. The molecule has 102 valence electrons. The lowest BCUT2D eigenvalue weighted by atomic mass is 9.70. The molecule has 1 fully saturated rings. The lowest BCUT2D eigenvalue weighted by molar-refractivity contribution is -0.143. The van der Waals surface area contributed by atoms with Crippen LogP contribution in [0, 0.1) is 11.8 Å². The third-order valence-electron chi connectivity index (χ3n) is 3.82. The third-order valence-corrected chi connectivity index (χ3v) is 3.82. The van der Waals surface area contributed by atoms with Crippen LogP contribution in [0.1, 0.15) is 25.3 Å². The van der Waals surface area contributed by atoms with E-state index in [1.165, 1.54) is 12.5 Å². The van der Waals surface area contributed by atoms with E-state index in [4.69, 9.17) is 5.11 Å². The molecule has 1 amide bonds. The second-order valence-electron chi connectivity index (χ2n) is 5.20. The summed E-state index contributed by atoms with van der Waals surface area (Å²) in [7, 11) is 0. The molecule has 1 aromatic rings. The fourth-order valence-electron chi connectivity index (χ4n) is 2.46. The molecule has 0 heterocycles. The van der Waals surface area contributed by atoms with E-state index < -0.39 is 12.0 Å². The Labute approximate surface area is 112 Å². The van der Waals surface area contributed by atoms with Gasteiger partial charge >= 0.3 is 5.97 Å². The highest BCUT2D eigenvalue weighted by Gasteiger charge is 2.37. The van der Waals surface area contributed by atoms with E-state index in [9.17, 15) is 9.59 Å². The number of carbonyl (C=O) groups excluding carboxylic acids is 1. The summed E-state index contributed by atoms with van der Waals surface area (Å²) in [5, 5.41) is 11.3. The number of carbonyl (C=O) groups is 2. The average molecular weight is 261 g/mol. The summed E-state index contributed by atoms with van der Waals surface area (Å²) in [5.74, 6) is -0.820. The fraction of sp³-hybridized carbons (Fsp3) is 0.467. The molecule has 1 aromatic carbocycles. The monoisotopic (exact) mass is 261 g/mol. The van der Waals surface area contributed by atoms with Gasteiger partial charge in [0, 0.05) is 5.92 Å². The average Bonchev–Trinajstić information content (AvgIpc) is 2.35. The molecular weight excluding hydrogens is 242 g/mol. The number of benzene rings is 1. The number of aliphatic carboxylic acids is 1. The Hall–Kier alpha value is -1.84. The van der Waals surface area contributed by atoms with Crippen LogP contribution in [0.3, 0.4) is 0 Å². The molecule has 1 aliphatic carbocycles. The van der Waals surface area contributed by atoms with Crippen LogP contribution in [0.4, 0.5) is 0 Å². The molecule has 2 rings (SSSR count). The van der Waals surface area contributed by atoms with E-state index in [0.29, 0.717) is 5.92 Å². The molecule has 0 saturated heterocycles. The van der Waals surface area contributed by atoms with Crippen molar-refractivity contribution in [1.82, 2.24) is 5.32 Å². The maximum absolute atomic E-state index is 12.0. The molecule has 0 aliphatic heterocycles. The van der Waals surface area contributed by atoms with E-state index in [-0.39, 0.29) is 11.8 Å². The quantitative estimate of drug-likeness (QED) is 0.850. The number of rotatable bonds is 5. The topological polar surface area (TPSA) is 66.4 Å². The predicted molar refractivity (Wildman–Crippen MR) is 71.6 cm³/mol. The van der Waals surface area contributed by atoms with Gasteiger partial charge in [-0.1, -0.05) is 30.3 Å². The zero-order chi connectivity index (χ0) is 13.8. The molecule has 0 bridgehead atoms. The minimum atomic E-state index is -0.993. The van der Waals surface area contributed by atoms with Gasteiger partial charge < -0.3 is 10.4 Å². The van der Waals surface area contributed by atoms with Crippen molar-refractivity contribution in [3.8, 4) is 0 Å². The van der Waals surface area contributed by atoms with E-state index in [1.54, 1.807) is 0 Å². The Kier molecular flexibility index (Phi) is 4.20. The Morgan fingerprint density at radius 1 is 1.32 bits per heavy atom. The first-order chi connectivity index (χ1) is 9.08. The van der Waals surface area contributed by atoms with Crippen molar-refractivity contribution in [2.45, 2.75) is 32.2 Å². The normalized spacial score (nSPS) is 23.2. The van der Waals surface area contributed by atoms with Gasteiger partial charge in [-0.15, -0.1) is 0 Å². The molecule has 1 saturated carbocycles. The van der Waals surface area contributed by atoms with E-state index in [1.807, 2.05) is 18.2 Å². The minimum Gasteiger partial charge on any atom is -0.480 e. The number of nitrogens with one attached hydrogen (secondary N) is 1. The van der Waals surface area contributed by atoms with Crippen LogP contribution in [-0.2, 0) is 16.0 Å². The third kappa shape index (κ3) is 3.34. The van der Waals surface area contributed by atoms with E-state index in [0.717, 1.165) is 19.3 Å². The lowest BCUT2D eigenvalue weighted by Crippen LogP contribution is -2.47. The van der Waals surface area contributed by atoms with E-state index in [2.05, 4.69) is 17.4 Å². The first-order valence-electron chi connectivity index (χ1n) is 6.65. The Balaban J connectivity index is 1.88. The highest BCUT2D eigenvalue weighted by molar-refractivity contribution is 5.85. The van der Waals surface area contributed by atoms with Gasteiger partial charge in [0.2, 0.25) is 5.91 Å². The van der Waals surface area contributed by atoms with Gasteiger partial charge in [-0.3, -0.25) is 9.59 Å². The number of carboxylic acids is 1. The van der Waals surface area contributed by atoms with Crippen molar-refractivity contribution in [2.24, 2.45) is 11.8 Å². The molecule has 4 nitrogen and oxygen atoms in total. The first kappa shape index (κ1) is 13.6. The van der Waals surface area contributed by atoms with Crippen LogP contribution in [0.2, 0.25) is 0 Å². The van der Waals surface area contributed by atoms with E-state index >= 15 is 0 Å². The van der Waals surface area contributed by atoms with Crippen molar-refractivity contribution in [1.29, 1.82) is 0 Å².